The molecule has 6 nitrogen and oxygen atoms in total. The van der Waals surface area contributed by atoms with Gasteiger partial charge in [-0.25, -0.2) is 16.8 Å². The lowest BCUT2D eigenvalue weighted by Gasteiger charge is -2.17. The Hall–Kier alpha value is -2.97. The lowest BCUT2D eigenvalue weighted by atomic mass is 10.0. The number of ketones is 1. The molecule has 8 heteroatoms. The quantitative estimate of drug-likeness (QED) is 0.255. The molecule has 0 spiro atoms. The summed E-state index contributed by atoms with van der Waals surface area (Å²) in [6.45, 7) is 6.59. The van der Waals surface area contributed by atoms with Crippen LogP contribution in [0.15, 0.2) is 82.6 Å². The summed E-state index contributed by atoms with van der Waals surface area (Å²) in [5.74, 6) is -2.98. The Bertz CT molecular complexity index is 1300. The normalized spacial score (nSPS) is 12.0. The van der Waals surface area contributed by atoms with Crippen LogP contribution in [-0.4, -0.2) is 40.7 Å². The summed E-state index contributed by atoms with van der Waals surface area (Å²) >= 11 is 0. The van der Waals surface area contributed by atoms with Gasteiger partial charge in [0.2, 0.25) is 0 Å². The van der Waals surface area contributed by atoms with Gasteiger partial charge in [0, 0.05) is 17.8 Å². The van der Waals surface area contributed by atoms with E-state index in [-0.39, 0.29) is 15.4 Å². The molecule has 0 atom stereocenters. The third-order valence-corrected chi connectivity index (χ3v) is 9.66. The molecule has 0 aromatic heterocycles. The van der Waals surface area contributed by atoms with E-state index in [0.29, 0.717) is 0 Å². The summed E-state index contributed by atoms with van der Waals surface area (Å²) in [6, 6.07) is 19.4. The SMILES string of the molecule is CCCCNc1ccc(C(=O)C(CS(=O)(=O)c2ccc(C)cc2)CS(=O)(=O)c2ccc(C)cc2)cc1. The van der Waals surface area contributed by atoms with Crippen molar-refractivity contribution in [3.05, 3.63) is 89.5 Å². The van der Waals surface area contributed by atoms with Crippen LogP contribution in [0.5, 0.6) is 0 Å². The molecule has 0 heterocycles. The first-order chi connectivity index (χ1) is 17.0. The minimum absolute atomic E-state index is 0.0640. The first-order valence-corrected chi connectivity index (χ1v) is 15.3. The maximum absolute atomic E-state index is 13.5. The molecule has 0 unspecified atom stereocenters. The predicted octanol–water partition coefficient (Wildman–Crippen LogP) is 5.26. The number of anilines is 1. The zero-order valence-electron chi connectivity index (χ0n) is 20.9. The summed E-state index contributed by atoms with van der Waals surface area (Å²) in [6.07, 6.45) is 2.06. The maximum Gasteiger partial charge on any atom is 0.179 e. The van der Waals surface area contributed by atoms with Crippen molar-refractivity contribution in [3.8, 4) is 0 Å². The van der Waals surface area contributed by atoms with Crippen LogP contribution < -0.4 is 5.32 Å². The molecule has 0 fully saturated rings. The summed E-state index contributed by atoms with van der Waals surface area (Å²) in [5, 5.41) is 3.27. The van der Waals surface area contributed by atoms with Gasteiger partial charge in [-0.05, 0) is 68.8 Å². The highest BCUT2D eigenvalue weighted by Crippen LogP contribution is 2.23. The van der Waals surface area contributed by atoms with Gasteiger partial charge in [0.15, 0.2) is 25.5 Å². The van der Waals surface area contributed by atoms with Crippen molar-refractivity contribution in [2.75, 3.05) is 23.4 Å². The Kier molecular flexibility index (Phi) is 9.08. The molecule has 0 aliphatic heterocycles. The van der Waals surface area contributed by atoms with Crippen molar-refractivity contribution < 1.29 is 21.6 Å². The largest absolute Gasteiger partial charge is 0.385 e. The molecule has 0 amide bonds. The fourth-order valence-corrected chi connectivity index (χ4v) is 7.04. The van der Waals surface area contributed by atoms with Crippen molar-refractivity contribution in [2.45, 2.75) is 43.4 Å². The van der Waals surface area contributed by atoms with Crippen LogP contribution in [0.25, 0.3) is 0 Å². The fraction of sp³-hybridized carbons (Fsp3) is 0.321. The third kappa shape index (κ3) is 7.27. The van der Waals surface area contributed by atoms with Crippen LogP contribution >= 0.6 is 0 Å². The van der Waals surface area contributed by atoms with Crippen molar-refractivity contribution in [1.29, 1.82) is 0 Å². The molecular weight excluding hydrogens is 494 g/mol. The van der Waals surface area contributed by atoms with Gasteiger partial charge in [0.1, 0.15) is 0 Å². The number of benzene rings is 3. The van der Waals surface area contributed by atoms with Crippen molar-refractivity contribution in [1.82, 2.24) is 0 Å². The van der Waals surface area contributed by atoms with E-state index in [9.17, 15) is 21.6 Å². The Labute approximate surface area is 214 Å². The van der Waals surface area contributed by atoms with Gasteiger partial charge >= 0.3 is 0 Å². The van der Waals surface area contributed by atoms with Crippen LogP contribution in [0.2, 0.25) is 0 Å². The van der Waals surface area contributed by atoms with Crippen molar-refractivity contribution in [3.63, 3.8) is 0 Å². The average molecular weight is 528 g/mol. The van der Waals surface area contributed by atoms with E-state index in [0.717, 1.165) is 36.2 Å². The summed E-state index contributed by atoms with van der Waals surface area (Å²) < 4.78 is 52.8. The number of nitrogens with one attached hydrogen (secondary N) is 1. The van der Waals surface area contributed by atoms with Crippen molar-refractivity contribution >= 4 is 31.1 Å². The molecule has 0 saturated heterocycles. The molecular formula is C28H33NO5S2. The molecule has 0 radical (unpaired) electrons. The molecule has 0 aliphatic carbocycles. The smallest absolute Gasteiger partial charge is 0.179 e. The van der Waals surface area contributed by atoms with E-state index in [1.165, 1.54) is 24.3 Å². The van der Waals surface area contributed by atoms with Gasteiger partial charge in [0.05, 0.1) is 27.2 Å². The van der Waals surface area contributed by atoms with Gasteiger partial charge in [-0.3, -0.25) is 4.79 Å². The topological polar surface area (TPSA) is 97.4 Å². The highest BCUT2D eigenvalue weighted by Gasteiger charge is 2.32. The Morgan fingerprint density at radius 3 is 1.58 bits per heavy atom. The monoisotopic (exact) mass is 527 g/mol. The first-order valence-electron chi connectivity index (χ1n) is 12.0. The molecule has 3 aromatic rings. The lowest BCUT2D eigenvalue weighted by Crippen LogP contribution is -2.31. The number of aryl methyl sites for hydroxylation is 2. The lowest BCUT2D eigenvalue weighted by molar-refractivity contribution is 0.0942. The van der Waals surface area contributed by atoms with Gasteiger partial charge in [0.25, 0.3) is 0 Å². The number of carbonyl (C=O) groups excluding carboxylic acids is 1. The summed E-state index contributed by atoms with van der Waals surface area (Å²) in [7, 11) is -7.82. The van der Waals surface area contributed by atoms with Crippen LogP contribution in [0.3, 0.4) is 0 Å². The van der Waals surface area contributed by atoms with Crippen molar-refractivity contribution in [2.24, 2.45) is 5.92 Å². The average Bonchev–Trinajstić information content (AvgIpc) is 2.84. The second-order valence-electron chi connectivity index (χ2n) is 9.11. The second kappa shape index (κ2) is 11.8. The minimum Gasteiger partial charge on any atom is -0.385 e. The van der Waals surface area contributed by atoms with E-state index in [2.05, 4.69) is 12.2 Å². The molecule has 3 aromatic carbocycles. The zero-order valence-corrected chi connectivity index (χ0v) is 22.5. The summed E-state index contributed by atoms with van der Waals surface area (Å²) in [5.41, 5.74) is 2.92. The Balaban J connectivity index is 1.92. The number of rotatable bonds is 12. The zero-order chi connectivity index (χ0) is 26.3. The van der Waals surface area contributed by atoms with E-state index in [1.807, 2.05) is 13.8 Å². The molecule has 36 heavy (non-hydrogen) atoms. The van der Waals surface area contributed by atoms with Crippen LogP contribution in [0.4, 0.5) is 5.69 Å². The highest BCUT2D eigenvalue weighted by molar-refractivity contribution is 7.92. The minimum atomic E-state index is -3.91. The molecule has 0 bridgehead atoms. The maximum atomic E-state index is 13.5. The third-order valence-electron chi connectivity index (χ3n) is 6.00. The number of Topliss-reactive ketones (excluding diaryl/α,β-unsaturated/α-hetero) is 1. The van der Waals surface area contributed by atoms with E-state index in [1.54, 1.807) is 48.5 Å². The van der Waals surface area contributed by atoms with E-state index < -0.39 is 42.9 Å². The highest BCUT2D eigenvalue weighted by atomic mass is 32.2. The molecule has 192 valence electrons. The molecule has 3 rings (SSSR count). The number of unbranched alkanes of at least 4 members (excludes halogenated alkanes) is 1. The van der Waals surface area contributed by atoms with Gasteiger partial charge in [-0.1, -0.05) is 48.7 Å². The van der Waals surface area contributed by atoms with Crippen LogP contribution in [0, 0.1) is 19.8 Å². The number of hydrogen-bond acceptors (Lipinski definition) is 6. The fourth-order valence-electron chi connectivity index (χ4n) is 3.81. The first kappa shape index (κ1) is 27.6. The molecule has 1 N–H and O–H groups in total. The van der Waals surface area contributed by atoms with E-state index >= 15 is 0 Å². The summed E-state index contributed by atoms with van der Waals surface area (Å²) in [4.78, 5) is 13.6. The Morgan fingerprint density at radius 2 is 1.17 bits per heavy atom. The standard InChI is InChI=1S/C28H33NO5S2/c1-4-5-18-29-25-12-10-23(11-13-25)28(30)24(19-35(31,32)26-14-6-21(2)7-15-26)20-36(33,34)27-16-8-22(3)9-17-27/h6-17,24,29H,4-5,18-20H2,1-3H3. The van der Waals surface area contributed by atoms with Crippen LogP contribution in [-0.2, 0) is 19.7 Å². The number of hydrogen-bond donors (Lipinski definition) is 1. The van der Waals surface area contributed by atoms with Gasteiger partial charge < -0.3 is 5.32 Å². The second-order valence-corrected chi connectivity index (χ2v) is 13.2. The van der Waals surface area contributed by atoms with E-state index in [4.69, 9.17) is 0 Å². The number of carbonyl (C=O) groups is 1. The number of sulfone groups is 2. The Morgan fingerprint density at radius 1 is 0.722 bits per heavy atom. The van der Waals surface area contributed by atoms with Gasteiger partial charge in [-0.15, -0.1) is 0 Å². The molecule has 0 saturated carbocycles. The van der Waals surface area contributed by atoms with Gasteiger partial charge in [-0.2, -0.15) is 0 Å². The molecule has 0 aliphatic rings. The predicted molar refractivity (Wildman–Crippen MR) is 144 cm³/mol. The van der Waals surface area contributed by atoms with Crippen LogP contribution in [0.1, 0.15) is 41.3 Å².